The van der Waals surface area contributed by atoms with E-state index in [-0.39, 0.29) is 23.6 Å². The van der Waals surface area contributed by atoms with E-state index in [0.29, 0.717) is 59.0 Å². The number of hydrogen-bond acceptors (Lipinski definition) is 6. The van der Waals surface area contributed by atoms with Crippen molar-refractivity contribution in [2.24, 2.45) is 0 Å². The molecule has 0 unspecified atom stereocenters. The zero-order chi connectivity index (χ0) is 29.4. The summed E-state index contributed by atoms with van der Waals surface area (Å²) in [5, 5.41) is 0.849. The standard InChI is InChI=1S/C34H36N4O4/c1-35(21-23-9-3-4-10-23)17-7-19-37-31(39)25-13-15-27-30-28(16-14-26(29(25)30)32(37)40)34(42)38(33(27)41)20-8-18-36(2)22-24-11-5-6-12-24/h3-6,9,11,13-16H,7-8,10,12,17-22H2,1-2H3. The molecule has 8 nitrogen and oxygen atoms in total. The van der Waals surface area contributed by atoms with Gasteiger partial charge >= 0.3 is 0 Å². The van der Waals surface area contributed by atoms with Gasteiger partial charge < -0.3 is 9.80 Å². The molecule has 0 aromatic heterocycles. The first-order chi connectivity index (χ1) is 20.3. The topological polar surface area (TPSA) is 81.2 Å². The van der Waals surface area contributed by atoms with Crippen molar-refractivity contribution >= 4 is 34.4 Å². The number of benzene rings is 2. The van der Waals surface area contributed by atoms with Crippen molar-refractivity contribution in [3.05, 3.63) is 94.1 Å². The Morgan fingerprint density at radius 1 is 0.595 bits per heavy atom. The van der Waals surface area contributed by atoms with Crippen LogP contribution in [0.3, 0.4) is 0 Å². The number of hydrogen-bond donors (Lipinski definition) is 0. The van der Waals surface area contributed by atoms with E-state index in [1.807, 2.05) is 14.1 Å². The van der Waals surface area contributed by atoms with E-state index in [1.165, 1.54) is 20.9 Å². The average Bonchev–Trinajstić information content (AvgIpc) is 3.69. The zero-order valence-corrected chi connectivity index (χ0v) is 24.3. The fourth-order valence-corrected chi connectivity index (χ4v) is 6.45. The third-order valence-corrected chi connectivity index (χ3v) is 8.55. The van der Waals surface area contributed by atoms with E-state index in [2.05, 4.69) is 46.3 Å². The second kappa shape index (κ2) is 11.6. The molecule has 0 fully saturated rings. The van der Waals surface area contributed by atoms with Crippen LogP contribution in [0.5, 0.6) is 0 Å². The molecule has 2 aliphatic carbocycles. The van der Waals surface area contributed by atoms with E-state index < -0.39 is 0 Å². The molecule has 0 bridgehead atoms. The van der Waals surface area contributed by atoms with Gasteiger partial charge in [-0.3, -0.25) is 29.0 Å². The molecule has 216 valence electrons. The Kier molecular flexibility index (Phi) is 7.75. The number of imide groups is 2. The van der Waals surface area contributed by atoms with Crippen LogP contribution in [0.2, 0.25) is 0 Å². The molecule has 4 amide bonds. The van der Waals surface area contributed by atoms with Crippen LogP contribution < -0.4 is 0 Å². The number of carbonyl (C=O) groups excluding carboxylic acids is 4. The molecule has 42 heavy (non-hydrogen) atoms. The maximum Gasteiger partial charge on any atom is 0.261 e. The molecule has 0 saturated heterocycles. The molecule has 2 aliphatic heterocycles. The van der Waals surface area contributed by atoms with Gasteiger partial charge in [0, 0.05) is 59.2 Å². The van der Waals surface area contributed by atoms with Gasteiger partial charge in [-0.05, 0) is 77.1 Å². The lowest BCUT2D eigenvalue weighted by atomic mass is 9.86. The highest BCUT2D eigenvalue weighted by Crippen LogP contribution is 2.38. The summed E-state index contributed by atoms with van der Waals surface area (Å²) in [4.78, 5) is 61.1. The lowest BCUT2D eigenvalue weighted by Gasteiger charge is -2.32. The maximum absolute atomic E-state index is 13.5. The lowest BCUT2D eigenvalue weighted by molar-refractivity contribution is 0.0583. The van der Waals surface area contributed by atoms with E-state index in [0.717, 1.165) is 39.0 Å². The van der Waals surface area contributed by atoms with Gasteiger partial charge in [0.25, 0.3) is 23.6 Å². The molecular formula is C34H36N4O4. The SMILES string of the molecule is CN(CCCN1C(=O)c2ccc3c4c(ccc(c24)C1=O)C(=O)N(CCCN(C)CC1=CC=CC1)C3=O)CC1=CC=CC1. The van der Waals surface area contributed by atoms with E-state index in [4.69, 9.17) is 0 Å². The normalized spacial score (nSPS) is 17.5. The number of nitrogens with zero attached hydrogens (tertiary/aromatic N) is 4. The van der Waals surface area contributed by atoms with Crippen LogP contribution in [0.25, 0.3) is 10.8 Å². The fraction of sp³-hybridized carbons (Fsp3) is 0.353. The fourth-order valence-electron chi connectivity index (χ4n) is 6.45. The highest BCUT2D eigenvalue weighted by molar-refractivity contribution is 6.33. The van der Waals surface area contributed by atoms with Crippen LogP contribution in [0, 0.1) is 0 Å². The number of allylic oxidation sites excluding steroid dienone is 6. The smallest absolute Gasteiger partial charge is 0.261 e. The Bertz CT molecular complexity index is 1430. The van der Waals surface area contributed by atoms with Crippen LogP contribution in [-0.4, -0.2) is 96.6 Å². The van der Waals surface area contributed by atoms with E-state index in [1.54, 1.807) is 24.3 Å². The second-order valence-corrected chi connectivity index (χ2v) is 11.7. The summed E-state index contributed by atoms with van der Waals surface area (Å²) >= 11 is 0. The average molecular weight is 565 g/mol. The van der Waals surface area contributed by atoms with Gasteiger partial charge in [-0.1, -0.05) is 47.6 Å². The van der Waals surface area contributed by atoms with E-state index >= 15 is 0 Å². The molecule has 0 N–H and O–H groups in total. The minimum absolute atomic E-state index is 0.303. The van der Waals surface area contributed by atoms with E-state index in [9.17, 15) is 19.2 Å². The Morgan fingerprint density at radius 3 is 1.26 bits per heavy atom. The third kappa shape index (κ3) is 5.16. The first kappa shape index (κ1) is 28.0. The Morgan fingerprint density at radius 2 is 0.952 bits per heavy atom. The quantitative estimate of drug-likeness (QED) is 0.355. The molecule has 2 aromatic rings. The summed E-state index contributed by atoms with van der Waals surface area (Å²) in [6.45, 7) is 3.81. The third-order valence-electron chi connectivity index (χ3n) is 8.55. The monoisotopic (exact) mass is 564 g/mol. The van der Waals surface area contributed by atoms with Crippen molar-refractivity contribution < 1.29 is 19.2 Å². The molecule has 6 rings (SSSR count). The first-order valence-corrected chi connectivity index (χ1v) is 14.7. The predicted molar refractivity (Wildman–Crippen MR) is 163 cm³/mol. The minimum Gasteiger partial charge on any atom is -0.302 e. The summed E-state index contributed by atoms with van der Waals surface area (Å²) in [7, 11) is 4.08. The van der Waals surface area contributed by atoms with Gasteiger partial charge in [0.05, 0.1) is 0 Å². The molecule has 0 spiro atoms. The molecule has 0 saturated carbocycles. The molecule has 4 aliphatic rings. The van der Waals surface area contributed by atoms with Crippen molar-refractivity contribution in [2.45, 2.75) is 25.7 Å². The summed E-state index contributed by atoms with van der Waals surface area (Å²) < 4.78 is 0. The van der Waals surface area contributed by atoms with Crippen LogP contribution in [-0.2, 0) is 0 Å². The van der Waals surface area contributed by atoms with Crippen molar-refractivity contribution in [1.29, 1.82) is 0 Å². The number of carbonyl (C=O) groups is 4. The van der Waals surface area contributed by atoms with Gasteiger partial charge in [-0.25, -0.2) is 0 Å². The van der Waals surface area contributed by atoms with Gasteiger partial charge in [-0.15, -0.1) is 0 Å². The molecule has 2 heterocycles. The summed E-state index contributed by atoms with van der Waals surface area (Å²) in [5.74, 6) is -1.50. The van der Waals surface area contributed by atoms with Gasteiger partial charge in [0.2, 0.25) is 0 Å². The van der Waals surface area contributed by atoms with Gasteiger partial charge in [0.1, 0.15) is 0 Å². The number of amides is 4. The summed E-state index contributed by atoms with van der Waals surface area (Å²) in [6, 6.07) is 6.56. The van der Waals surface area contributed by atoms with Crippen LogP contribution in [0.15, 0.2) is 71.9 Å². The maximum atomic E-state index is 13.5. The number of likely N-dealkylation sites (N-methyl/N-ethyl adjacent to an activating group) is 2. The Labute approximate surface area is 246 Å². The number of rotatable bonds is 12. The molecule has 2 aromatic carbocycles. The Balaban J connectivity index is 1.15. The van der Waals surface area contributed by atoms with Gasteiger partial charge in [0.15, 0.2) is 0 Å². The Hall–Kier alpha value is -4.14. The molecular weight excluding hydrogens is 528 g/mol. The zero-order valence-electron chi connectivity index (χ0n) is 24.3. The van der Waals surface area contributed by atoms with Crippen molar-refractivity contribution in [1.82, 2.24) is 19.6 Å². The largest absolute Gasteiger partial charge is 0.302 e. The first-order valence-electron chi connectivity index (χ1n) is 14.7. The predicted octanol–water partition coefficient (Wildman–Crippen LogP) is 4.45. The highest BCUT2D eigenvalue weighted by Gasteiger charge is 2.39. The second-order valence-electron chi connectivity index (χ2n) is 11.7. The van der Waals surface area contributed by atoms with Crippen molar-refractivity contribution in [3.8, 4) is 0 Å². The highest BCUT2D eigenvalue weighted by atomic mass is 16.2. The van der Waals surface area contributed by atoms with Crippen molar-refractivity contribution in [2.75, 3.05) is 53.4 Å². The minimum atomic E-state index is -0.375. The molecule has 8 heteroatoms. The lowest BCUT2D eigenvalue weighted by Crippen LogP contribution is -2.44. The van der Waals surface area contributed by atoms with Crippen LogP contribution in [0.4, 0.5) is 0 Å². The molecule has 0 atom stereocenters. The summed E-state index contributed by atoms with van der Waals surface area (Å²) in [5.41, 5.74) is 4.17. The van der Waals surface area contributed by atoms with Crippen LogP contribution in [0.1, 0.15) is 67.1 Å². The summed E-state index contributed by atoms with van der Waals surface area (Å²) in [6.07, 6.45) is 15.9. The van der Waals surface area contributed by atoms with Crippen molar-refractivity contribution in [3.63, 3.8) is 0 Å². The van der Waals surface area contributed by atoms with Gasteiger partial charge in [-0.2, -0.15) is 0 Å². The molecule has 0 radical (unpaired) electrons. The van der Waals surface area contributed by atoms with Crippen LogP contribution >= 0.6 is 0 Å².